The molecule has 0 bridgehead atoms. The molecule has 0 radical (unpaired) electrons. The number of nitrogens with zero attached hydrogens (tertiary/aromatic N) is 2. The molecule has 0 fully saturated rings. The van der Waals surface area contributed by atoms with Crippen molar-refractivity contribution in [1.29, 1.82) is 0 Å². The first kappa shape index (κ1) is 11.7. The summed E-state index contributed by atoms with van der Waals surface area (Å²) in [5.41, 5.74) is 2.47. The molecule has 4 nitrogen and oxygen atoms in total. The van der Waals surface area contributed by atoms with Gasteiger partial charge in [-0.05, 0) is 31.5 Å². The van der Waals surface area contributed by atoms with Gasteiger partial charge in [-0.3, -0.25) is 0 Å². The van der Waals surface area contributed by atoms with Crippen LogP contribution in [0.4, 0.5) is 0 Å². The molecule has 0 atom stereocenters. The van der Waals surface area contributed by atoms with E-state index in [0.717, 1.165) is 17.1 Å². The van der Waals surface area contributed by atoms with Crippen molar-refractivity contribution in [2.24, 2.45) is 0 Å². The number of aromatic carboxylic acids is 1. The van der Waals surface area contributed by atoms with Crippen LogP contribution >= 0.6 is 11.6 Å². The molecule has 0 saturated carbocycles. The average molecular weight is 250 g/mol. The summed E-state index contributed by atoms with van der Waals surface area (Å²) in [6.45, 7) is 3.68. The molecular formula is C12H10ClN2O2-. The summed E-state index contributed by atoms with van der Waals surface area (Å²) in [6.07, 6.45) is 0. The van der Waals surface area contributed by atoms with Crippen LogP contribution in [-0.4, -0.2) is 15.7 Å². The van der Waals surface area contributed by atoms with E-state index in [1.54, 1.807) is 16.8 Å². The minimum Gasteiger partial charge on any atom is -0.545 e. The van der Waals surface area contributed by atoms with Gasteiger partial charge in [0, 0.05) is 0 Å². The van der Waals surface area contributed by atoms with Crippen molar-refractivity contribution in [1.82, 2.24) is 9.78 Å². The zero-order valence-corrected chi connectivity index (χ0v) is 10.2. The van der Waals surface area contributed by atoms with Crippen LogP contribution in [-0.2, 0) is 0 Å². The molecule has 0 unspecified atom stereocenters. The van der Waals surface area contributed by atoms with E-state index in [2.05, 4.69) is 5.10 Å². The Labute approximate surface area is 103 Å². The average Bonchev–Trinajstić information content (AvgIpc) is 2.57. The number of carbonyl (C=O) groups is 1. The molecule has 0 spiro atoms. The lowest BCUT2D eigenvalue weighted by Gasteiger charge is -2.06. The van der Waals surface area contributed by atoms with Crippen LogP contribution in [0, 0.1) is 13.8 Å². The van der Waals surface area contributed by atoms with Gasteiger partial charge in [-0.2, -0.15) is 5.10 Å². The maximum atomic E-state index is 10.6. The zero-order valence-electron chi connectivity index (χ0n) is 9.40. The third-order valence-corrected chi connectivity index (χ3v) is 3.10. The van der Waals surface area contributed by atoms with Crippen LogP contribution in [0.5, 0.6) is 0 Å². The smallest absolute Gasteiger partial charge is 0.0848 e. The van der Waals surface area contributed by atoms with Crippen molar-refractivity contribution in [3.63, 3.8) is 0 Å². The summed E-state index contributed by atoms with van der Waals surface area (Å²) in [6, 6.07) is 6.30. The standard InChI is InChI=1S/C12H11ClN2O2/c1-7-11(13)8(2)15(14-7)10-5-3-9(4-6-10)12(16)17/h3-6H,1-2H3,(H,16,17)/p-1. The van der Waals surface area contributed by atoms with Gasteiger partial charge in [-0.25, -0.2) is 4.68 Å². The Morgan fingerprint density at radius 2 is 1.88 bits per heavy atom. The number of halogens is 1. The third kappa shape index (κ3) is 2.03. The molecule has 0 amide bonds. The van der Waals surface area contributed by atoms with Crippen LogP contribution in [0.25, 0.3) is 5.69 Å². The Morgan fingerprint density at radius 1 is 1.29 bits per heavy atom. The summed E-state index contributed by atoms with van der Waals surface area (Å²) in [5.74, 6) is -1.19. The third-order valence-electron chi connectivity index (χ3n) is 2.55. The lowest BCUT2D eigenvalue weighted by atomic mass is 10.2. The van der Waals surface area contributed by atoms with Gasteiger partial charge < -0.3 is 9.90 Å². The highest BCUT2D eigenvalue weighted by molar-refractivity contribution is 6.31. The molecule has 0 aliphatic rings. The number of carboxylic acids is 1. The van der Waals surface area contributed by atoms with Crippen LogP contribution in [0.15, 0.2) is 24.3 Å². The molecule has 2 rings (SSSR count). The molecule has 17 heavy (non-hydrogen) atoms. The normalized spacial score (nSPS) is 10.5. The number of hydrogen-bond acceptors (Lipinski definition) is 3. The van der Waals surface area contributed by atoms with E-state index in [1.165, 1.54) is 12.1 Å². The van der Waals surface area contributed by atoms with E-state index in [9.17, 15) is 9.90 Å². The predicted octanol–water partition coefficient (Wildman–Crippen LogP) is 1.51. The van der Waals surface area contributed by atoms with Crippen LogP contribution in [0.1, 0.15) is 21.7 Å². The summed E-state index contributed by atoms with van der Waals surface area (Å²) in [7, 11) is 0. The number of aryl methyl sites for hydroxylation is 1. The van der Waals surface area contributed by atoms with Crippen molar-refractivity contribution < 1.29 is 9.90 Å². The maximum absolute atomic E-state index is 10.6. The molecule has 0 saturated heterocycles. The van der Waals surface area contributed by atoms with Crippen LogP contribution < -0.4 is 5.11 Å². The van der Waals surface area contributed by atoms with Gasteiger partial charge >= 0.3 is 0 Å². The molecule has 1 aromatic carbocycles. The number of aromatic nitrogens is 2. The maximum Gasteiger partial charge on any atom is 0.0848 e. The number of rotatable bonds is 2. The second kappa shape index (κ2) is 4.22. The second-order valence-electron chi connectivity index (χ2n) is 3.73. The first-order valence-corrected chi connectivity index (χ1v) is 5.42. The lowest BCUT2D eigenvalue weighted by Crippen LogP contribution is -2.22. The highest BCUT2D eigenvalue weighted by Gasteiger charge is 2.10. The first-order chi connectivity index (χ1) is 8.00. The summed E-state index contributed by atoms with van der Waals surface area (Å²) < 4.78 is 1.68. The van der Waals surface area contributed by atoms with E-state index >= 15 is 0 Å². The molecular weight excluding hydrogens is 240 g/mol. The van der Waals surface area contributed by atoms with Crippen LogP contribution in [0.3, 0.4) is 0 Å². The zero-order chi connectivity index (χ0) is 12.6. The number of hydrogen-bond donors (Lipinski definition) is 0. The Morgan fingerprint density at radius 3 is 2.29 bits per heavy atom. The molecule has 88 valence electrons. The molecule has 1 heterocycles. The van der Waals surface area contributed by atoms with Gasteiger partial charge in [0.05, 0.1) is 28.1 Å². The van der Waals surface area contributed by atoms with Crippen molar-refractivity contribution in [2.45, 2.75) is 13.8 Å². The first-order valence-electron chi connectivity index (χ1n) is 5.04. The Balaban J connectivity index is 2.47. The molecule has 5 heteroatoms. The van der Waals surface area contributed by atoms with Gasteiger partial charge in [0.15, 0.2) is 0 Å². The van der Waals surface area contributed by atoms with E-state index in [0.29, 0.717) is 5.02 Å². The number of benzene rings is 1. The van der Waals surface area contributed by atoms with Crippen molar-refractivity contribution in [3.05, 3.63) is 46.2 Å². The molecule has 0 N–H and O–H groups in total. The highest BCUT2D eigenvalue weighted by Crippen LogP contribution is 2.22. The largest absolute Gasteiger partial charge is 0.545 e. The summed E-state index contributed by atoms with van der Waals surface area (Å²) >= 11 is 6.04. The highest BCUT2D eigenvalue weighted by atomic mass is 35.5. The Bertz CT molecular complexity index is 573. The fraction of sp³-hybridized carbons (Fsp3) is 0.167. The van der Waals surface area contributed by atoms with Crippen molar-refractivity contribution >= 4 is 17.6 Å². The minimum absolute atomic E-state index is 0.140. The van der Waals surface area contributed by atoms with Gasteiger partial charge in [0.1, 0.15) is 0 Å². The van der Waals surface area contributed by atoms with Crippen LogP contribution in [0.2, 0.25) is 5.02 Å². The van der Waals surface area contributed by atoms with Crippen molar-refractivity contribution in [3.8, 4) is 5.69 Å². The van der Waals surface area contributed by atoms with E-state index in [1.807, 2.05) is 13.8 Å². The quantitative estimate of drug-likeness (QED) is 0.811. The van der Waals surface area contributed by atoms with Gasteiger partial charge in [-0.1, -0.05) is 23.7 Å². The Hall–Kier alpha value is -1.81. The molecule has 0 aliphatic heterocycles. The molecule has 2 aromatic rings. The van der Waals surface area contributed by atoms with Crippen molar-refractivity contribution in [2.75, 3.05) is 0 Å². The summed E-state index contributed by atoms with van der Waals surface area (Å²) in [4.78, 5) is 10.6. The number of carbonyl (C=O) groups excluding carboxylic acids is 1. The lowest BCUT2D eigenvalue weighted by molar-refractivity contribution is -0.255. The second-order valence-corrected chi connectivity index (χ2v) is 4.11. The minimum atomic E-state index is -1.19. The Kier molecular flexibility index (Phi) is 2.90. The fourth-order valence-electron chi connectivity index (χ4n) is 1.61. The fourth-order valence-corrected chi connectivity index (χ4v) is 1.73. The monoisotopic (exact) mass is 249 g/mol. The van der Waals surface area contributed by atoms with E-state index in [-0.39, 0.29) is 5.56 Å². The van der Waals surface area contributed by atoms with Gasteiger partial charge in [0.2, 0.25) is 0 Å². The van der Waals surface area contributed by atoms with Gasteiger partial charge in [-0.15, -0.1) is 0 Å². The topological polar surface area (TPSA) is 58.0 Å². The molecule has 0 aliphatic carbocycles. The van der Waals surface area contributed by atoms with Gasteiger partial charge in [0.25, 0.3) is 0 Å². The number of carboxylic acid groups (broad SMARTS) is 1. The summed E-state index contributed by atoms with van der Waals surface area (Å²) in [5, 5.41) is 15.5. The predicted molar refractivity (Wildman–Crippen MR) is 62.4 cm³/mol. The van der Waals surface area contributed by atoms with E-state index < -0.39 is 5.97 Å². The van der Waals surface area contributed by atoms with E-state index in [4.69, 9.17) is 11.6 Å². The SMILES string of the molecule is Cc1nn(-c2ccc(C(=O)[O-])cc2)c(C)c1Cl. The molecule has 1 aromatic heterocycles.